The first-order chi connectivity index (χ1) is 15.5. The number of anilines is 1. The molecule has 1 fully saturated rings. The Morgan fingerprint density at radius 2 is 1.94 bits per heavy atom. The van der Waals surface area contributed by atoms with Gasteiger partial charge in [0.15, 0.2) is 11.5 Å². The Hall–Kier alpha value is -2.83. The van der Waals surface area contributed by atoms with Crippen LogP contribution >= 0.6 is 11.6 Å². The van der Waals surface area contributed by atoms with Gasteiger partial charge in [-0.25, -0.2) is 0 Å². The van der Waals surface area contributed by atoms with E-state index in [1.165, 1.54) is 32.1 Å². The van der Waals surface area contributed by atoms with Gasteiger partial charge in [-0.15, -0.1) is 0 Å². The molecular weight excluding hydrogens is 426 g/mol. The number of benzene rings is 2. The molecule has 1 aliphatic carbocycles. The Morgan fingerprint density at radius 1 is 1.19 bits per heavy atom. The van der Waals surface area contributed by atoms with Gasteiger partial charge in [0.2, 0.25) is 0 Å². The van der Waals surface area contributed by atoms with E-state index in [1.807, 2.05) is 0 Å². The van der Waals surface area contributed by atoms with Crippen molar-refractivity contribution in [3.8, 4) is 5.75 Å². The second-order valence-corrected chi connectivity index (χ2v) is 8.79. The SMILES string of the molecule is CN(CCNC(=O)c1ccc2c(c1)NC(=O)/C(=C/c1ccc(Cl)cc1)O2)C1CCCCC1. The summed E-state index contributed by atoms with van der Waals surface area (Å²) in [4.78, 5) is 27.4. The van der Waals surface area contributed by atoms with E-state index >= 15 is 0 Å². The van der Waals surface area contributed by atoms with Crippen LogP contribution in [0.25, 0.3) is 6.08 Å². The van der Waals surface area contributed by atoms with Crippen molar-refractivity contribution in [3.05, 3.63) is 64.4 Å². The van der Waals surface area contributed by atoms with Gasteiger partial charge in [0, 0.05) is 29.7 Å². The number of nitrogens with one attached hydrogen (secondary N) is 2. The second-order valence-electron chi connectivity index (χ2n) is 8.36. The summed E-state index contributed by atoms with van der Waals surface area (Å²) in [6.45, 7) is 1.40. The minimum absolute atomic E-state index is 0.165. The lowest BCUT2D eigenvalue weighted by molar-refractivity contribution is -0.115. The lowest BCUT2D eigenvalue weighted by Crippen LogP contribution is -2.39. The summed E-state index contributed by atoms with van der Waals surface area (Å²) < 4.78 is 5.77. The zero-order chi connectivity index (χ0) is 22.5. The first-order valence-electron chi connectivity index (χ1n) is 11.1. The molecule has 1 aliphatic heterocycles. The van der Waals surface area contributed by atoms with Crippen LogP contribution in [-0.2, 0) is 4.79 Å². The number of amides is 2. The highest BCUT2D eigenvalue weighted by Crippen LogP contribution is 2.32. The maximum absolute atomic E-state index is 12.6. The molecule has 2 aromatic rings. The molecule has 2 aromatic carbocycles. The van der Waals surface area contributed by atoms with Crippen LogP contribution < -0.4 is 15.4 Å². The monoisotopic (exact) mass is 453 g/mol. The van der Waals surface area contributed by atoms with Crippen molar-refractivity contribution in [2.45, 2.75) is 38.1 Å². The quantitative estimate of drug-likeness (QED) is 0.621. The standard InChI is InChI=1S/C25H28ClN3O3/c1-29(20-5-3-2-4-6-20)14-13-27-24(30)18-9-12-22-21(16-18)28-25(31)23(32-22)15-17-7-10-19(26)11-8-17/h7-12,15-16,20H,2-6,13-14H2,1H3,(H,27,30)(H,28,31)/b23-15-. The topological polar surface area (TPSA) is 70.7 Å². The molecule has 0 saturated heterocycles. The summed E-state index contributed by atoms with van der Waals surface area (Å²) in [5.74, 6) is 0.155. The van der Waals surface area contributed by atoms with Crippen LogP contribution in [0.2, 0.25) is 5.02 Å². The first-order valence-corrected chi connectivity index (χ1v) is 11.5. The third kappa shape index (κ3) is 5.50. The number of hydrogen-bond acceptors (Lipinski definition) is 4. The molecule has 32 heavy (non-hydrogen) atoms. The number of halogens is 1. The molecule has 0 spiro atoms. The number of ether oxygens (including phenoxy) is 1. The molecule has 1 saturated carbocycles. The number of fused-ring (bicyclic) bond motifs is 1. The predicted octanol–water partition coefficient (Wildman–Crippen LogP) is 4.71. The molecule has 2 N–H and O–H groups in total. The number of rotatable bonds is 6. The van der Waals surface area contributed by atoms with Gasteiger partial charge in [0.05, 0.1) is 5.69 Å². The van der Waals surface area contributed by atoms with E-state index in [0.29, 0.717) is 34.6 Å². The van der Waals surface area contributed by atoms with E-state index in [1.54, 1.807) is 48.5 Å². The Morgan fingerprint density at radius 3 is 2.69 bits per heavy atom. The third-order valence-corrected chi connectivity index (χ3v) is 6.30. The zero-order valence-corrected chi connectivity index (χ0v) is 19.0. The second kappa shape index (κ2) is 10.2. The minimum atomic E-state index is -0.362. The van der Waals surface area contributed by atoms with Crippen LogP contribution in [0.4, 0.5) is 5.69 Å². The van der Waals surface area contributed by atoms with Crippen LogP contribution in [0, 0.1) is 0 Å². The number of likely N-dealkylation sites (N-methyl/N-ethyl adjacent to an activating group) is 1. The number of carbonyl (C=O) groups is 2. The zero-order valence-electron chi connectivity index (χ0n) is 18.2. The average Bonchev–Trinajstić information content (AvgIpc) is 2.81. The van der Waals surface area contributed by atoms with Crippen molar-refractivity contribution in [3.63, 3.8) is 0 Å². The molecule has 4 rings (SSSR count). The Bertz CT molecular complexity index is 1010. The van der Waals surface area contributed by atoms with E-state index in [0.717, 1.165) is 12.1 Å². The highest BCUT2D eigenvalue weighted by Gasteiger charge is 2.23. The Labute approximate surface area is 193 Å². The summed E-state index contributed by atoms with van der Waals surface area (Å²) in [5.41, 5.74) is 1.77. The summed E-state index contributed by atoms with van der Waals surface area (Å²) in [6.07, 6.45) is 8.05. The number of hydrogen-bond donors (Lipinski definition) is 2. The predicted molar refractivity (Wildman–Crippen MR) is 127 cm³/mol. The first kappa shape index (κ1) is 22.4. The van der Waals surface area contributed by atoms with Crippen LogP contribution in [0.1, 0.15) is 48.0 Å². The van der Waals surface area contributed by atoms with Crippen LogP contribution in [0.15, 0.2) is 48.2 Å². The van der Waals surface area contributed by atoms with Gasteiger partial charge in [0.25, 0.3) is 11.8 Å². The molecule has 0 bridgehead atoms. The largest absolute Gasteiger partial charge is 0.449 e. The fraction of sp³-hybridized carbons (Fsp3) is 0.360. The maximum Gasteiger partial charge on any atom is 0.291 e. The summed E-state index contributed by atoms with van der Waals surface area (Å²) >= 11 is 5.91. The van der Waals surface area contributed by atoms with Crippen LogP contribution in [0.3, 0.4) is 0 Å². The van der Waals surface area contributed by atoms with Gasteiger partial charge in [-0.05, 0) is 61.9 Å². The normalized spacial score (nSPS) is 17.6. The molecule has 1 heterocycles. The molecular formula is C25H28ClN3O3. The fourth-order valence-corrected chi connectivity index (χ4v) is 4.29. The van der Waals surface area contributed by atoms with Crippen molar-refractivity contribution < 1.29 is 14.3 Å². The lowest BCUT2D eigenvalue weighted by atomic mass is 9.94. The van der Waals surface area contributed by atoms with Crippen molar-refractivity contribution in [2.24, 2.45) is 0 Å². The van der Waals surface area contributed by atoms with Crippen molar-refractivity contribution >= 4 is 35.2 Å². The van der Waals surface area contributed by atoms with Crippen LogP contribution in [-0.4, -0.2) is 42.9 Å². The van der Waals surface area contributed by atoms with E-state index in [2.05, 4.69) is 22.6 Å². The number of carbonyl (C=O) groups excluding carboxylic acids is 2. The van der Waals surface area contributed by atoms with Gasteiger partial charge in [-0.1, -0.05) is 43.0 Å². The molecule has 2 amide bonds. The van der Waals surface area contributed by atoms with Crippen LogP contribution in [0.5, 0.6) is 5.75 Å². The summed E-state index contributed by atoms with van der Waals surface area (Å²) in [6, 6.07) is 12.8. The molecule has 168 valence electrons. The summed E-state index contributed by atoms with van der Waals surface area (Å²) in [5, 5.41) is 6.41. The lowest BCUT2D eigenvalue weighted by Gasteiger charge is -2.31. The van der Waals surface area contributed by atoms with Gasteiger partial charge in [-0.2, -0.15) is 0 Å². The molecule has 0 atom stereocenters. The highest BCUT2D eigenvalue weighted by molar-refractivity contribution is 6.30. The van der Waals surface area contributed by atoms with E-state index < -0.39 is 0 Å². The number of nitrogens with zero attached hydrogens (tertiary/aromatic N) is 1. The Balaban J connectivity index is 1.35. The summed E-state index contributed by atoms with van der Waals surface area (Å²) in [7, 11) is 2.13. The van der Waals surface area contributed by atoms with E-state index in [9.17, 15) is 9.59 Å². The van der Waals surface area contributed by atoms with Gasteiger partial charge in [-0.3, -0.25) is 9.59 Å². The highest BCUT2D eigenvalue weighted by atomic mass is 35.5. The third-order valence-electron chi connectivity index (χ3n) is 6.05. The molecule has 0 radical (unpaired) electrons. The Kier molecular flexibility index (Phi) is 7.12. The smallest absolute Gasteiger partial charge is 0.291 e. The molecule has 6 nitrogen and oxygen atoms in total. The molecule has 2 aliphatic rings. The van der Waals surface area contributed by atoms with E-state index in [4.69, 9.17) is 16.3 Å². The van der Waals surface area contributed by atoms with Gasteiger partial charge in [0.1, 0.15) is 0 Å². The molecule has 0 aromatic heterocycles. The molecule has 0 unspecified atom stereocenters. The van der Waals surface area contributed by atoms with E-state index in [-0.39, 0.29) is 17.6 Å². The van der Waals surface area contributed by atoms with Gasteiger partial charge < -0.3 is 20.3 Å². The van der Waals surface area contributed by atoms with Gasteiger partial charge >= 0.3 is 0 Å². The maximum atomic E-state index is 12.6. The van der Waals surface area contributed by atoms with Crippen molar-refractivity contribution in [2.75, 3.05) is 25.5 Å². The van der Waals surface area contributed by atoms with Crippen molar-refractivity contribution in [1.82, 2.24) is 10.2 Å². The minimum Gasteiger partial charge on any atom is -0.449 e. The van der Waals surface area contributed by atoms with Crippen molar-refractivity contribution in [1.29, 1.82) is 0 Å². The fourth-order valence-electron chi connectivity index (χ4n) is 4.16. The molecule has 7 heteroatoms. The average molecular weight is 454 g/mol.